The van der Waals surface area contributed by atoms with Crippen LogP contribution in [0.3, 0.4) is 0 Å². The van der Waals surface area contributed by atoms with Crippen molar-refractivity contribution in [2.75, 3.05) is 33.1 Å². The predicted molar refractivity (Wildman–Crippen MR) is 90.6 cm³/mol. The second-order valence-electron chi connectivity index (χ2n) is 4.06. The number of rotatable bonds is 5. The molecule has 22 heavy (non-hydrogen) atoms. The summed E-state index contributed by atoms with van der Waals surface area (Å²) in [5.41, 5.74) is 0.618. The Kier molecular flexibility index (Phi) is 8.99. The summed E-state index contributed by atoms with van der Waals surface area (Å²) in [5.74, 6) is 1.31. The number of hydrogen-bond acceptors (Lipinski definition) is 3. The van der Waals surface area contributed by atoms with Crippen molar-refractivity contribution < 1.29 is 22.6 Å². The largest absolute Gasteiger partial charge is 0.493 e. The molecule has 0 amide bonds. The van der Waals surface area contributed by atoms with Gasteiger partial charge in [-0.25, -0.2) is 0 Å². The lowest BCUT2D eigenvalue weighted by Gasteiger charge is -2.14. The third kappa shape index (κ3) is 7.05. The van der Waals surface area contributed by atoms with Crippen LogP contribution in [-0.2, 0) is 0 Å². The second kappa shape index (κ2) is 9.59. The monoisotopic (exact) mass is 433 g/mol. The molecule has 0 heterocycles. The fraction of sp³-hybridized carbons (Fsp3) is 0.462. The van der Waals surface area contributed by atoms with Crippen LogP contribution in [0.15, 0.2) is 23.2 Å². The van der Waals surface area contributed by atoms with Gasteiger partial charge in [0.25, 0.3) is 0 Å². The molecular formula is C13H19F3IN3O2. The zero-order chi connectivity index (χ0) is 15.9. The van der Waals surface area contributed by atoms with Crippen molar-refractivity contribution in [1.29, 1.82) is 0 Å². The summed E-state index contributed by atoms with van der Waals surface area (Å²) in [5, 5.41) is 5.46. The lowest BCUT2D eigenvalue weighted by Crippen LogP contribution is -2.33. The zero-order valence-electron chi connectivity index (χ0n) is 12.5. The number of guanidine groups is 1. The minimum absolute atomic E-state index is 0. The van der Waals surface area contributed by atoms with Crippen molar-refractivity contribution in [1.82, 2.24) is 5.32 Å². The third-order valence-electron chi connectivity index (χ3n) is 2.57. The molecule has 9 heteroatoms. The van der Waals surface area contributed by atoms with E-state index in [0.29, 0.717) is 17.2 Å². The van der Waals surface area contributed by atoms with E-state index in [-0.39, 0.29) is 36.5 Å². The van der Waals surface area contributed by atoms with Crippen LogP contribution >= 0.6 is 24.0 Å². The maximum Gasteiger partial charge on any atom is 0.390 e. The van der Waals surface area contributed by atoms with Gasteiger partial charge in [-0.1, -0.05) is 0 Å². The SMILES string of the molecule is CN=C(NCCC(F)(F)F)Nc1ccc(OC)c(OC)c1.I. The van der Waals surface area contributed by atoms with Crippen molar-refractivity contribution in [2.24, 2.45) is 4.99 Å². The molecule has 126 valence electrons. The van der Waals surface area contributed by atoms with E-state index in [0.717, 1.165) is 0 Å². The molecule has 0 aliphatic rings. The first kappa shape index (κ1) is 20.6. The van der Waals surface area contributed by atoms with Crippen LogP contribution in [0.5, 0.6) is 11.5 Å². The molecule has 0 bridgehead atoms. The molecular weight excluding hydrogens is 414 g/mol. The highest BCUT2D eigenvalue weighted by atomic mass is 127. The number of methoxy groups -OCH3 is 2. The van der Waals surface area contributed by atoms with E-state index < -0.39 is 12.6 Å². The molecule has 0 aromatic heterocycles. The Morgan fingerprint density at radius 1 is 1.18 bits per heavy atom. The highest BCUT2D eigenvalue weighted by Gasteiger charge is 2.26. The van der Waals surface area contributed by atoms with Crippen molar-refractivity contribution in [2.45, 2.75) is 12.6 Å². The fourth-order valence-electron chi connectivity index (χ4n) is 1.55. The molecule has 5 nitrogen and oxygen atoms in total. The summed E-state index contributed by atoms with van der Waals surface area (Å²) in [6, 6.07) is 5.05. The van der Waals surface area contributed by atoms with Gasteiger partial charge in [0.05, 0.1) is 20.6 Å². The molecule has 2 N–H and O–H groups in total. The summed E-state index contributed by atoms with van der Waals surface area (Å²) >= 11 is 0. The summed E-state index contributed by atoms with van der Waals surface area (Å²) in [6.45, 7) is -0.254. The van der Waals surface area contributed by atoms with Gasteiger partial charge in [-0.15, -0.1) is 24.0 Å². The summed E-state index contributed by atoms with van der Waals surface area (Å²) in [4.78, 5) is 3.86. The maximum absolute atomic E-state index is 12.1. The van der Waals surface area contributed by atoms with E-state index in [2.05, 4.69) is 15.6 Å². The summed E-state index contributed by atoms with van der Waals surface area (Å²) in [6.07, 6.45) is -5.13. The van der Waals surface area contributed by atoms with Gasteiger partial charge in [0.2, 0.25) is 0 Å². The molecule has 1 rings (SSSR count). The van der Waals surface area contributed by atoms with Gasteiger partial charge in [0, 0.05) is 25.3 Å². The van der Waals surface area contributed by atoms with E-state index >= 15 is 0 Å². The van der Waals surface area contributed by atoms with Crippen LogP contribution in [0.25, 0.3) is 0 Å². The van der Waals surface area contributed by atoms with Crippen LogP contribution < -0.4 is 20.1 Å². The van der Waals surface area contributed by atoms with Gasteiger partial charge in [0.15, 0.2) is 17.5 Å². The predicted octanol–water partition coefficient (Wildman–Crippen LogP) is 3.26. The molecule has 0 radical (unpaired) electrons. The zero-order valence-corrected chi connectivity index (χ0v) is 14.8. The van der Waals surface area contributed by atoms with Gasteiger partial charge in [-0.2, -0.15) is 13.2 Å². The van der Waals surface area contributed by atoms with Crippen LogP contribution in [0, 0.1) is 0 Å². The van der Waals surface area contributed by atoms with Crippen molar-refractivity contribution >= 4 is 35.6 Å². The van der Waals surface area contributed by atoms with Gasteiger partial charge in [-0.3, -0.25) is 4.99 Å². The first-order chi connectivity index (χ1) is 9.89. The van der Waals surface area contributed by atoms with Crippen molar-refractivity contribution in [3.63, 3.8) is 0 Å². The number of anilines is 1. The van der Waals surface area contributed by atoms with Crippen molar-refractivity contribution in [3.8, 4) is 11.5 Å². The number of halogens is 4. The Balaban J connectivity index is 0.00000441. The lowest BCUT2D eigenvalue weighted by atomic mass is 10.2. The van der Waals surface area contributed by atoms with Crippen LogP contribution in [0.4, 0.5) is 18.9 Å². The number of alkyl halides is 3. The Morgan fingerprint density at radius 2 is 1.82 bits per heavy atom. The van der Waals surface area contributed by atoms with E-state index in [9.17, 15) is 13.2 Å². The first-order valence-corrected chi connectivity index (χ1v) is 6.16. The number of benzene rings is 1. The van der Waals surface area contributed by atoms with Crippen LogP contribution in [0.1, 0.15) is 6.42 Å². The number of nitrogens with one attached hydrogen (secondary N) is 2. The van der Waals surface area contributed by atoms with E-state index in [1.807, 2.05) is 0 Å². The number of ether oxygens (including phenoxy) is 2. The quantitative estimate of drug-likeness (QED) is 0.426. The standard InChI is InChI=1S/C13H18F3N3O2.HI/c1-17-12(18-7-6-13(14,15)16)19-9-4-5-10(20-2)11(8-9)21-3;/h4-5,8H,6-7H2,1-3H3,(H2,17,18,19);1H. The Morgan fingerprint density at radius 3 is 2.32 bits per heavy atom. The Bertz CT molecular complexity index is 496. The molecule has 0 saturated heterocycles. The molecule has 0 unspecified atom stereocenters. The summed E-state index contributed by atoms with van der Waals surface area (Å²) in [7, 11) is 4.49. The fourth-order valence-corrected chi connectivity index (χ4v) is 1.55. The van der Waals surface area contributed by atoms with Gasteiger partial charge in [0.1, 0.15) is 0 Å². The third-order valence-corrected chi connectivity index (χ3v) is 2.57. The van der Waals surface area contributed by atoms with E-state index in [1.54, 1.807) is 18.2 Å². The molecule has 0 aliphatic carbocycles. The molecule has 1 aromatic carbocycles. The highest BCUT2D eigenvalue weighted by molar-refractivity contribution is 14.0. The molecule has 0 aliphatic heterocycles. The summed E-state index contributed by atoms with van der Waals surface area (Å²) < 4.78 is 46.5. The highest BCUT2D eigenvalue weighted by Crippen LogP contribution is 2.29. The second-order valence-corrected chi connectivity index (χ2v) is 4.06. The molecule has 0 spiro atoms. The van der Waals surface area contributed by atoms with Gasteiger partial charge >= 0.3 is 6.18 Å². The number of hydrogen-bond donors (Lipinski definition) is 2. The molecule has 0 saturated carbocycles. The number of nitrogens with zero attached hydrogens (tertiary/aromatic N) is 1. The molecule has 0 atom stereocenters. The van der Waals surface area contributed by atoms with Crippen LogP contribution in [0.2, 0.25) is 0 Å². The average molecular weight is 433 g/mol. The first-order valence-electron chi connectivity index (χ1n) is 6.16. The lowest BCUT2D eigenvalue weighted by molar-refractivity contribution is -0.132. The van der Waals surface area contributed by atoms with E-state index in [1.165, 1.54) is 21.3 Å². The average Bonchev–Trinajstić information content (AvgIpc) is 2.44. The Labute approximate surface area is 144 Å². The molecule has 1 aromatic rings. The normalized spacial score (nSPS) is 11.5. The minimum atomic E-state index is -4.20. The Hall–Kier alpha value is -1.39. The smallest absolute Gasteiger partial charge is 0.390 e. The van der Waals surface area contributed by atoms with Crippen LogP contribution in [-0.4, -0.2) is 39.9 Å². The van der Waals surface area contributed by atoms with Gasteiger partial charge in [-0.05, 0) is 12.1 Å². The maximum atomic E-state index is 12.1. The number of aliphatic imine (C=N–C) groups is 1. The van der Waals surface area contributed by atoms with Crippen molar-refractivity contribution in [3.05, 3.63) is 18.2 Å². The van der Waals surface area contributed by atoms with Gasteiger partial charge < -0.3 is 20.1 Å². The topological polar surface area (TPSA) is 54.9 Å². The van der Waals surface area contributed by atoms with E-state index in [4.69, 9.17) is 9.47 Å². The minimum Gasteiger partial charge on any atom is -0.493 e. The molecule has 0 fully saturated rings.